The van der Waals surface area contributed by atoms with Gasteiger partial charge in [0.05, 0.1) is 11.8 Å². The molecule has 0 bridgehead atoms. The van der Waals surface area contributed by atoms with Gasteiger partial charge in [-0.3, -0.25) is 9.59 Å². The summed E-state index contributed by atoms with van der Waals surface area (Å²) in [5, 5.41) is 12.3. The van der Waals surface area contributed by atoms with Crippen LogP contribution >= 0.6 is 0 Å². The predicted molar refractivity (Wildman–Crippen MR) is 77.2 cm³/mol. The first-order valence-electron chi connectivity index (χ1n) is 7.57. The maximum absolute atomic E-state index is 12.3. The number of carbonyl (C=O) groups excluding carboxylic acids is 1. The first-order valence-corrected chi connectivity index (χ1v) is 7.57. The van der Waals surface area contributed by atoms with Gasteiger partial charge in [0.25, 0.3) is 0 Å². The number of allylic oxidation sites excluding steroid dienone is 2. The Morgan fingerprint density at radius 1 is 1.10 bits per heavy atom. The van der Waals surface area contributed by atoms with E-state index in [1.165, 1.54) is 0 Å². The van der Waals surface area contributed by atoms with E-state index >= 15 is 0 Å². The standard InChI is InChI=1S/C16H25NO3/c1-16(2)9-7-11(8-10-16)17-14(18)12-5-3-4-6-13(12)15(19)20/h3-4,11-13H,5-10H2,1-2H3,(H,17,18)(H,19,20). The molecule has 2 N–H and O–H groups in total. The molecule has 2 atom stereocenters. The summed E-state index contributed by atoms with van der Waals surface area (Å²) >= 11 is 0. The van der Waals surface area contributed by atoms with Crippen molar-refractivity contribution >= 4 is 11.9 Å². The molecule has 1 fully saturated rings. The van der Waals surface area contributed by atoms with Crippen LogP contribution in [0.5, 0.6) is 0 Å². The third kappa shape index (κ3) is 3.62. The average Bonchev–Trinajstić information content (AvgIpc) is 2.41. The fraction of sp³-hybridized carbons (Fsp3) is 0.750. The van der Waals surface area contributed by atoms with Gasteiger partial charge in [0, 0.05) is 6.04 Å². The zero-order chi connectivity index (χ0) is 14.8. The molecule has 112 valence electrons. The van der Waals surface area contributed by atoms with Crippen molar-refractivity contribution in [3.63, 3.8) is 0 Å². The summed E-state index contributed by atoms with van der Waals surface area (Å²) in [6, 6.07) is 0.218. The number of amides is 1. The summed E-state index contributed by atoms with van der Waals surface area (Å²) in [5.74, 6) is -1.92. The monoisotopic (exact) mass is 279 g/mol. The van der Waals surface area contributed by atoms with E-state index in [2.05, 4.69) is 19.2 Å². The van der Waals surface area contributed by atoms with E-state index < -0.39 is 17.8 Å². The zero-order valence-corrected chi connectivity index (χ0v) is 12.4. The van der Waals surface area contributed by atoms with Gasteiger partial charge in [-0.05, 0) is 43.9 Å². The van der Waals surface area contributed by atoms with Gasteiger partial charge in [-0.15, -0.1) is 0 Å². The fourth-order valence-electron chi connectivity index (χ4n) is 3.23. The normalized spacial score (nSPS) is 29.9. The zero-order valence-electron chi connectivity index (χ0n) is 12.4. The molecule has 20 heavy (non-hydrogen) atoms. The maximum Gasteiger partial charge on any atom is 0.307 e. The van der Waals surface area contributed by atoms with Gasteiger partial charge in [-0.2, -0.15) is 0 Å². The molecule has 2 aliphatic rings. The second-order valence-electron chi connectivity index (χ2n) is 6.94. The molecule has 2 aliphatic carbocycles. The minimum absolute atomic E-state index is 0.0774. The number of rotatable bonds is 3. The molecular formula is C16H25NO3. The van der Waals surface area contributed by atoms with Crippen molar-refractivity contribution in [1.29, 1.82) is 0 Å². The van der Waals surface area contributed by atoms with Gasteiger partial charge in [0.15, 0.2) is 0 Å². The fourth-order valence-corrected chi connectivity index (χ4v) is 3.23. The SMILES string of the molecule is CC1(C)CCC(NC(=O)C2CC=CCC2C(=O)O)CC1. The number of hydrogen-bond donors (Lipinski definition) is 2. The van der Waals surface area contributed by atoms with Crippen LogP contribution in [0.2, 0.25) is 0 Å². The maximum atomic E-state index is 12.3. The highest BCUT2D eigenvalue weighted by Gasteiger charge is 2.35. The smallest absolute Gasteiger partial charge is 0.307 e. The van der Waals surface area contributed by atoms with E-state index in [-0.39, 0.29) is 11.9 Å². The molecule has 1 saturated carbocycles. The Bertz CT molecular complexity index is 404. The van der Waals surface area contributed by atoms with E-state index in [0.29, 0.717) is 18.3 Å². The third-order valence-electron chi connectivity index (χ3n) is 4.77. The lowest BCUT2D eigenvalue weighted by Gasteiger charge is -2.35. The Morgan fingerprint density at radius 3 is 2.20 bits per heavy atom. The van der Waals surface area contributed by atoms with Gasteiger partial charge in [-0.25, -0.2) is 0 Å². The first kappa shape index (κ1) is 15.1. The molecule has 0 radical (unpaired) electrons. The van der Waals surface area contributed by atoms with Crippen LogP contribution in [0.4, 0.5) is 0 Å². The van der Waals surface area contributed by atoms with E-state index in [0.717, 1.165) is 25.7 Å². The summed E-state index contributed by atoms with van der Waals surface area (Å²) in [4.78, 5) is 23.6. The molecule has 2 unspecified atom stereocenters. The molecule has 0 aromatic rings. The topological polar surface area (TPSA) is 66.4 Å². The number of aliphatic carboxylic acids is 1. The minimum atomic E-state index is -0.862. The van der Waals surface area contributed by atoms with Crippen LogP contribution in [-0.2, 0) is 9.59 Å². The lowest BCUT2D eigenvalue weighted by atomic mass is 9.75. The lowest BCUT2D eigenvalue weighted by molar-refractivity contribution is -0.147. The molecule has 0 aromatic heterocycles. The molecule has 4 heteroatoms. The molecule has 4 nitrogen and oxygen atoms in total. The largest absolute Gasteiger partial charge is 0.481 e. The van der Waals surface area contributed by atoms with Crippen molar-refractivity contribution in [1.82, 2.24) is 5.32 Å². The summed E-state index contributed by atoms with van der Waals surface area (Å²) in [6.07, 6.45) is 9.03. The quantitative estimate of drug-likeness (QED) is 0.781. The molecule has 2 rings (SSSR count). The van der Waals surface area contributed by atoms with Crippen molar-refractivity contribution in [3.8, 4) is 0 Å². The number of nitrogens with one attached hydrogen (secondary N) is 1. The number of carbonyl (C=O) groups is 2. The van der Waals surface area contributed by atoms with Crippen molar-refractivity contribution in [2.45, 2.75) is 58.4 Å². The van der Waals surface area contributed by atoms with Crippen molar-refractivity contribution in [3.05, 3.63) is 12.2 Å². The van der Waals surface area contributed by atoms with Crippen LogP contribution in [0.1, 0.15) is 52.4 Å². The van der Waals surface area contributed by atoms with Crippen LogP contribution in [0.3, 0.4) is 0 Å². The van der Waals surface area contributed by atoms with Crippen molar-refractivity contribution < 1.29 is 14.7 Å². The second kappa shape index (κ2) is 5.98. The van der Waals surface area contributed by atoms with Crippen LogP contribution in [0, 0.1) is 17.3 Å². The van der Waals surface area contributed by atoms with Crippen molar-refractivity contribution in [2.75, 3.05) is 0 Å². The van der Waals surface area contributed by atoms with Gasteiger partial charge in [-0.1, -0.05) is 26.0 Å². The number of hydrogen-bond acceptors (Lipinski definition) is 2. The highest BCUT2D eigenvalue weighted by atomic mass is 16.4. The Kier molecular flexibility index (Phi) is 4.51. The third-order valence-corrected chi connectivity index (χ3v) is 4.77. The first-order chi connectivity index (χ1) is 9.39. The second-order valence-corrected chi connectivity index (χ2v) is 6.94. The molecule has 0 heterocycles. The van der Waals surface area contributed by atoms with E-state index in [4.69, 9.17) is 0 Å². The lowest BCUT2D eigenvalue weighted by Crippen LogP contribution is -2.45. The highest BCUT2D eigenvalue weighted by molar-refractivity contribution is 5.85. The molecule has 0 aromatic carbocycles. The molecular weight excluding hydrogens is 254 g/mol. The van der Waals surface area contributed by atoms with Crippen LogP contribution in [0.25, 0.3) is 0 Å². The van der Waals surface area contributed by atoms with E-state index in [1.54, 1.807) is 0 Å². The van der Waals surface area contributed by atoms with Gasteiger partial charge in [0.2, 0.25) is 5.91 Å². The van der Waals surface area contributed by atoms with E-state index in [1.807, 2.05) is 12.2 Å². The van der Waals surface area contributed by atoms with Crippen LogP contribution in [0.15, 0.2) is 12.2 Å². The van der Waals surface area contributed by atoms with Gasteiger partial charge in [0.1, 0.15) is 0 Å². The van der Waals surface area contributed by atoms with Crippen LogP contribution in [-0.4, -0.2) is 23.0 Å². The Morgan fingerprint density at radius 2 is 1.65 bits per heavy atom. The van der Waals surface area contributed by atoms with Crippen molar-refractivity contribution in [2.24, 2.45) is 17.3 Å². The van der Waals surface area contributed by atoms with E-state index in [9.17, 15) is 14.7 Å². The summed E-state index contributed by atoms with van der Waals surface area (Å²) < 4.78 is 0. The number of carboxylic acids is 1. The minimum Gasteiger partial charge on any atom is -0.481 e. The Balaban J connectivity index is 1.91. The molecule has 0 aliphatic heterocycles. The average molecular weight is 279 g/mol. The molecule has 0 spiro atoms. The summed E-state index contributed by atoms with van der Waals surface area (Å²) in [6.45, 7) is 4.52. The molecule has 1 amide bonds. The molecule has 0 saturated heterocycles. The number of carboxylic acid groups (broad SMARTS) is 1. The van der Waals surface area contributed by atoms with Gasteiger partial charge < -0.3 is 10.4 Å². The van der Waals surface area contributed by atoms with Crippen LogP contribution < -0.4 is 5.32 Å². The Labute approximate surface area is 120 Å². The highest BCUT2D eigenvalue weighted by Crippen LogP contribution is 2.35. The Hall–Kier alpha value is -1.32. The van der Waals surface area contributed by atoms with Gasteiger partial charge >= 0.3 is 5.97 Å². The predicted octanol–water partition coefficient (Wildman–Crippen LogP) is 2.74. The summed E-state index contributed by atoms with van der Waals surface area (Å²) in [5.41, 5.74) is 0.373. The summed E-state index contributed by atoms with van der Waals surface area (Å²) in [7, 11) is 0.